The Hall–Kier alpha value is -2.38. The van der Waals surface area contributed by atoms with Crippen LogP contribution in [0.3, 0.4) is 0 Å². The van der Waals surface area contributed by atoms with Crippen LogP contribution in [0.4, 0.5) is 5.69 Å². The molecule has 2 rings (SSSR count). The molecule has 0 saturated carbocycles. The molecule has 5 heteroatoms. The number of nitrogens with one attached hydrogen (secondary N) is 1. The predicted octanol–water partition coefficient (Wildman–Crippen LogP) is 3.80. The van der Waals surface area contributed by atoms with E-state index in [0.29, 0.717) is 10.6 Å². The molecule has 0 aliphatic heterocycles. The van der Waals surface area contributed by atoms with Gasteiger partial charge >= 0.3 is 0 Å². The molecule has 0 aliphatic carbocycles. The number of aromatic hydroxyl groups is 2. The minimum atomic E-state index is -0.142. The SMILES string of the molecule is CC(Nc1ccc(C#N)c(Cl)c1)c1cc(O)cc(O)c1. The number of hydrogen-bond donors (Lipinski definition) is 3. The molecule has 0 amide bonds. The molecule has 0 aromatic heterocycles. The summed E-state index contributed by atoms with van der Waals surface area (Å²) in [5.41, 5.74) is 1.91. The number of nitriles is 1. The molecule has 0 bridgehead atoms. The van der Waals surface area contributed by atoms with E-state index in [-0.39, 0.29) is 17.5 Å². The first-order chi connectivity index (χ1) is 9.49. The highest BCUT2D eigenvalue weighted by molar-refractivity contribution is 6.32. The van der Waals surface area contributed by atoms with Gasteiger partial charge in [-0.25, -0.2) is 0 Å². The van der Waals surface area contributed by atoms with Crippen molar-refractivity contribution in [3.05, 3.63) is 52.5 Å². The monoisotopic (exact) mass is 288 g/mol. The van der Waals surface area contributed by atoms with Crippen LogP contribution in [0.5, 0.6) is 11.5 Å². The van der Waals surface area contributed by atoms with Crippen LogP contribution in [-0.4, -0.2) is 10.2 Å². The summed E-state index contributed by atoms with van der Waals surface area (Å²) < 4.78 is 0. The fourth-order valence-corrected chi connectivity index (χ4v) is 2.12. The molecule has 20 heavy (non-hydrogen) atoms. The molecule has 0 spiro atoms. The minimum Gasteiger partial charge on any atom is -0.508 e. The van der Waals surface area contributed by atoms with Gasteiger partial charge in [0.25, 0.3) is 0 Å². The lowest BCUT2D eigenvalue weighted by molar-refractivity contribution is 0.448. The molecule has 0 radical (unpaired) electrons. The fraction of sp³-hybridized carbons (Fsp3) is 0.133. The van der Waals surface area contributed by atoms with Gasteiger partial charge in [0.05, 0.1) is 10.6 Å². The first-order valence-corrected chi connectivity index (χ1v) is 6.36. The van der Waals surface area contributed by atoms with Crippen molar-refractivity contribution in [3.63, 3.8) is 0 Å². The van der Waals surface area contributed by atoms with E-state index in [4.69, 9.17) is 16.9 Å². The number of halogens is 1. The first kappa shape index (κ1) is 14.0. The first-order valence-electron chi connectivity index (χ1n) is 5.98. The number of hydrogen-bond acceptors (Lipinski definition) is 4. The fourth-order valence-electron chi connectivity index (χ4n) is 1.90. The number of phenolic OH excluding ortho intramolecular Hbond substituents is 2. The van der Waals surface area contributed by atoms with Crippen molar-refractivity contribution in [1.82, 2.24) is 0 Å². The van der Waals surface area contributed by atoms with Crippen molar-refractivity contribution in [2.24, 2.45) is 0 Å². The summed E-state index contributed by atoms with van der Waals surface area (Å²) in [4.78, 5) is 0. The van der Waals surface area contributed by atoms with Crippen LogP contribution in [0.2, 0.25) is 5.02 Å². The molecule has 0 heterocycles. The van der Waals surface area contributed by atoms with E-state index >= 15 is 0 Å². The molecule has 1 unspecified atom stereocenters. The Balaban J connectivity index is 2.21. The topological polar surface area (TPSA) is 76.3 Å². The lowest BCUT2D eigenvalue weighted by atomic mass is 10.1. The van der Waals surface area contributed by atoms with Gasteiger partial charge in [-0.1, -0.05) is 11.6 Å². The van der Waals surface area contributed by atoms with E-state index in [1.807, 2.05) is 13.0 Å². The minimum absolute atomic E-state index is 0.00603. The smallest absolute Gasteiger partial charge is 0.119 e. The number of benzene rings is 2. The average Bonchev–Trinajstić information content (AvgIpc) is 2.37. The second-order valence-electron chi connectivity index (χ2n) is 4.46. The Morgan fingerprint density at radius 3 is 2.35 bits per heavy atom. The van der Waals surface area contributed by atoms with E-state index in [2.05, 4.69) is 5.32 Å². The highest BCUT2D eigenvalue weighted by atomic mass is 35.5. The van der Waals surface area contributed by atoms with E-state index in [0.717, 1.165) is 11.3 Å². The molecule has 1 atom stereocenters. The van der Waals surface area contributed by atoms with Crippen LogP contribution in [0, 0.1) is 11.3 Å². The summed E-state index contributed by atoms with van der Waals surface area (Å²) >= 11 is 5.97. The average molecular weight is 289 g/mol. The van der Waals surface area contributed by atoms with Crippen molar-refractivity contribution in [2.75, 3.05) is 5.32 Å². The van der Waals surface area contributed by atoms with Gasteiger partial charge in [-0.05, 0) is 42.8 Å². The van der Waals surface area contributed by atoms with E-state index in [1.165, 1.54) is 6.07 Å². The summed E-state index contributed by atoms with van der Waals surface area (Å²) in [6.45, 7) is 1.89. The van der Waals surface area contributed by atoms with Gasteiger partial charge in [0.2, 0.25) is 0 Å². The molecule has 4 nitrogen and oxygen atoms in total. The van der Waals surface area contributed by atoms with Crippen LogP contribution in [0.1, 0.15) is 24.1 Å². The molecule has 0 saturated heterocycles. The quantitative estimate of drug-likeness (QED) is 0.803. The zero-order chi connectivity index (χ0) is 14.7. The summed E-state index contributed by atoms with van der Waals surface area (Å²) in [5, 5.41) is 31.3. The number of nitrogens with zero attached hydrogens (tertiary/aromatic N) is 1. The molecule has 102 valence electrons. The summed E-state index contributed by atoms with van der Waals surface area (Å²) in [6, 6.07) is 11.3. The van der Waals surface area contributed by atoms with Crippen molar-refractivity contribution < 1.29 is 10.2 Å². The number of rotatable bonds is 3. The normalized spacial score (nSPS) is 11.7. The molecular formula is C15H13ClN2O2. The maximum atomic E-state index is 9.48. The van der Waals surface area contributed by atoms with E-state index in [1.54, 1.807) is 30.3 Å². The standard InChI is InChI=1S/C15H13ClN2O2/c1-9(11-4-13(19)7-14(20)5-11)18-12-3-2-10(8-17)15(16)6-12/h2-7,9,18-20H,1H3. The van der Waals surface area contributed by atoms with E-state index < -0.39 is 0 Å². The highest BCUT2D eigenvalue weighted by Crippen LogP contribution is 2.28. The van der Waals surface area contributed by atoms with Crippen LogP contribution < -0.4 is 5.32 Å². The zero-order valence-electron chi connectivity index (χ0n) is 10.8. The Bertz CT molecular complexity index is 660. The second-order valence-corrected chi connectivity index (χ2v) is 4.86. The van der Waals surface area contributed by atoms with Gasteiger partial charge in [-0.2, -0.15) is 5.26 Å². The van der Waals surface area contributed by atoms with Gasteiger partial charge < -0.3 is 15.5 Å². The maximum Gasteiger partial charge on any atom is 0.119 e. The summed E-state index contributed by atoms with van der Waals surface area (Å²) in [5.74, 6) is 0.0121. The zero-order valence-corrected chi connectivity index (χ0v) is 11.5. The van der Waals surface area contributed by atoms with Gasteiger partial charge in [-0.15, -0.1) is 0 Å². The second kappa shape index (κ2) is 5.72. The van der Waals surface area contributed by atoms with Crippen molar-refractivity contribution in [1.29, 1.82) is 5.26 Å². The number of anilines is 1. The molecule has 0 aliphatic rings. The molecule has 2 aromatic rings. The van der Waals surface area contributed by atoms with Crippen molar-refractivity contribution in [2.45, 2.75) is 13.0 Å². The van der Waals surface area contributed by atoms with Crippen molar-refractivity contribution in [3.8, 4) is 17.6 Å². The predicted molar refractivity (Wildman–Crippen MR) is 78.0 cm³/mol. The lowest BCUT2D eigenvalue weighted by Gasteiger charge is -2.16. The van der Waals surface area contributed by atoms with Crippen LogP contribution in [0.15, 0.2) is 36.4 Å². The Labute approximate surface area is 121 Å². The third-order valence-corrected chi connectivity index (χ3v) is 3.21. The van der Waals surface area contributed by atoms with Gasteiger partial charge in [0.1, 0.15) is 17.6 Å². The van der Waals surface area contributed by atoms with Gasteiger partial charge in [0, 0.05) is 17.8 Å². The Kier molecular flexibility index (Phi) is 4.02. The molecular weight excluding hydrogens is 276 g/mol. The van der Waals surface area contributed by atoms with E-state index in [9.17, 15) is 10.2 Å². The molecule has 0 fully saturated rings. The van der Waals surface area contributed by atoms with Gasteiger partial charge in [0.15, 0.2) is 0 Å². The third-order valence-electron chi connectivity index (χ3n) is 2.90. The van der Waals surface area contributed by atoms with Crippen LogP contribution in [-0.2, 0) is 0 Å². The third kappa shape index (κ3) is 3.14. The highest BCUT2D eigenvalue weighted by Gasteiger charge is 2.09. The van der Waals surface area contributed by atoms with Crippen molar-refractivity contribution >= 4 is 17.3 Å². The maximum absolute atomic E-state index is 9.48. The molecule has 2 aromatic carbocycles. The number of phenols is 2. The largest absolute Gasteiger partial charge is 0.508 e. The van der Waals surface area contributed by atoms with Crippen LogP contribution >= 0.6 is 11.6 Å². The lowest BCUT2D eigenvalue weighted by Crippen LogP contribution is -2.06. The molecule has 3 N–H and O–H groups in total. The van der Waals surface area contributed by atoms with Crippen LogP contribution in [0.25, 0.3) is 0 Å². The Morgan fingerprint density at radius 2 is 1.80 bits per heavy atom. The summed E-state index contributed by atoms with van der Waals surface area (Å²) in [7, 11) is 0. The van der Waals surface area contributed by atoms with Gasteiger partial charge in [-0.3, -0.25) is 0 Å². The Morgan fingerprint density at radius 1 is 1.15 bits per heavy atom. The summed E-state index contributed by atoms with van der Waals surface area (Å²) in [6.07, 6.45) is 0.